The molecule has 0 N–H and O–H groups in total. The highest BCUT2D eigenvalue weighted by Gasteiger charge is 2.41. The van der Waals surface area contributed by atoms with E-state index in [1.165, 1.54) is 45.2 Å². The first-order valence-electron chi connectivity index (χ1n) is 5.81. The van der Waals surface area contributed by atoms with E-state index < -0.39 is 0 Å². The average Bonchev–Trinajstić information content (AvgIpc) is 2.72. The molecular formula is C11H19NO. The molecule has 2 nitrogen and oxygen atoms in total. The Morgan fingerprint density at radius 3 is 2.77 bits per heavy atom. The molecule has 3 heterocycles. The van der Waals surface area contributed by atoms with Crippen LogP contribution in [0.1, 0.15) is 32.1 Å². The molecule has 0 aromatic heterocycles. The van der Waals surface area contributed by atoms with Gasteiger partial charge in [0, 0.05) is 18.6 Å². The summed E-state index contributed by atoms with van der Waals surface area (Å²) >= 11 is 0. The van der Waals surface area contributed by atoms with Crippen molar-refractivity contribution in [3.8, 4) is 0 Å². The molecule has 3 unspecified atom stereocenters. The molecule has 0 aromatic rings. The van der Waals surface area contributed by atoms with Gasteiger partial charge in [-0.05, 0) is 45.2 Å². The van der Waals surface area contributed by atoms with Gasteiger partial charge in [-0.1, -0.05) is 0 Å². The maximum absolute atomic E-state index is 5.82. The fourth-order valence-corrected chi connectivity index (χ4v) is 3.51. The van der Waals surface area contributed by atoms with Gasteiger partial charge < -0.3 is 9.64 Å². The Kier molecular flexibility index (Phi) is 2.06. The molecule has 0 aliphatic carbocycles. The van der Waals surface area contributed by atoms with Crippen LogP contribution >= 0.6 is 0 Å². The lowest BCUT2D eigenvalue weighted by Gasteiger charge is -2.27. The van der Waals surface area contributed by atoms with Gasteiger partial charge in [0.1, 0.15) is 0 Å². The molecule has 3 atom stereocenters. The Hall–Kier alpha value is -0.0800. The van der Waals surface area contributed by atoms with Crippen LogP contribution in [0.2, 0.25) is 0 Å². The summed E-state index contributed by atoms with van der Waals surface area (Å²) in [7, 11) is 0. The predicted octanol–water partition coefficient (Wildman–Crippen LogP) is 1.65. The quantitative estimate of drug-likeness (QED) is 0.563. The third-order valence-electron chi connectivity index (χ3n) is 4.10. The summed E-state index contributed by atoms with van der Waals surface area (Å²) in [5.74, 6) is 0.880. The highest BCUT2D eigenvalue weighted by Crippen LogP contribution is 2.37. The first kappa shape index (κ1) is 8.25. The summed E-state index contributed by atoms with van der Waals surface area (Å²) < 4.78 is 5.82. The topological polar surface area (TPSA) is 12.5 Å². The number of fused-ring (bicyclic) bond motifs is 3. The number of rotatable bonds is 0. The lowest BCUT2D eigenvalue weighted by molar-refractivity contribution is 0.0748. The fraction of sp³-hybridized carbons (Fsp3) is 1.00. The molecule has 0 radical (unpaired) electrons. The molecule has 0 spiro atoms. The lowest BCUT2D eigenvalue weighted by Crippen LogP contribution is -2.36. The van der Waals surface area contributed by atoms with Crippen molar-refractivity contribution in [1.82, 2.24) is 4.90 Å². The van der Waals surface area contributed by atoms with Crippen LogP contribution in [0.5, 0.6) is 0 Å². The van der Waals surface area contributed by atoms with Gasteiger partial charge in [-0.3, -0.25) is 0 Å². The van der Waals surface area contributed by atoms with Crippen LogP contribution in [0.15, 0.2) is 0 Å². The van der Waals surface area contributed by atoms with Crippen molar-refractivity contribution in [2.75, 3.05) is 19.7 Å². The van der Waals surface area contributed by atoms with E-state index in [9.17, 15) is 0 Å². The Bertz CT molecular complexity index is 175. The summed E-state index contributed by atoms with van der Waals surface area (Å²) in [6, 6.07) is 0.884. The van der Waals surface area contributed by atoms with Crippen molar-refractivity contribution in [3.05, 3.63) is 0 Å². The van der Waals surface area contributed by atoms with Crippen molar-refractivity contribution in [2.45, 2.75) is 44.2 Å². The van der Waals surface area contributed by atoms with Crippen LogP contribution in [0.3, 0.4) is 0 Å². The molecule has 0 saturated carbocycles. The lowest BCUT2D eigenvalue weighted by atomic mass is 9.90. The first-order valence-corrected chi connectivity index (χ1v) is 5.81. The second-order valence-corrected chi connectivity index (χ2v) is 4.75. The van der Waals surface area contributed by atoms with Gasteiger partial charge in [-0.2, -0.15) is 0 Å². The summed E-state index contributed by atoms with van der Waals surface area (Å²) in [5.41, 5.74) is 0. The van der Waals surface area contributed by atoms with Crippen molar-refractivity contribution < 1.29 is 4.74 Å². The molecule has 3 rings (SSSR count). The van der Waals surface area contributed by atoms with E-state index >= 15 is 0 Å². The monoisotopic (exact) mass is 181 g/mol. The molecule has 3 aliphatic heterocycles. The Morgan fingerprint density at radius 1 is 1.00 bits per heavy atom. The third kappa shape index (κ3) is 1.31. The third-order valence-corrected chi connectivity index (χ3v) is 4.10. The van der Waals surface area contributed by atoms with Gasteiger partial charge in [0.25, 0.3) is 0 Å². The molecule has 2 heteroatoms. The first-order chi connectivity index (χ1) is 6.45. The van der Waals surface area contributed by atoms with E-state index in [0.717, 1.165) is 18.6 Å². The summed E-state index contributed by atoms with van der Waals surface area (Å²) in [6.45, 7) is 3.72. The summed E-state index contributed by atoms with van der Waals surface area (Å²) in [5, 5.41) is 0. The molecular weight excluding hydrogens is 162 g/mol. The normalized spacial score (nSPS) is 45.7. The zero-order valence-corrected chi connectivity index (χ0v) is 8.24. The minimum Gasteiger partial charge on any atom is -0.378 e. The van der Waals surface area contributed by atoms with Crippen LogP contribution in [-0.2, 0) is 4.74 Å². The van der Waals surface area contributed by atoms with Gasteiger partial charge in [-0.25, -0.2) is 0 Å². The van der Waals surface area contributed by atoms with E-state index in [2.05, 4.69) is 4.90 Å². The SMILES string of the molecule is C1CC2OCCC2C2CCCN2C1. The van der Waals surface area contributed by atoms with Crippen molar-refractivity contribution in [1.29, 1.82) is 0 Å². The van der Waals surface area contributed by atoms with Crippen LogP contribution in [0.25, 0.3) is 0 Å². The van der Waals surface area contributed by atoms with E-state index in [1.807, 2.05) is 0 Å². The largest absolute Gasteiger partial charge is 0.378 e. The van der Waals surface area contributed by atoms with Crippen LogP contribution in [0, 0.1) is 5.92 Å². The molecule has 3 fully saturated rings. The van der Waals surface area contributed by atoms with Crippen molar-refractivity contribution >= 4 is 0 Å². The summed E-state index contributed by atoms with van der Waals surface area (Å²) in [6.07, 6.45) is 7.48. The van der Waals surface area contributed by atoms with Gasteiger partial charge in [0.2, 0.25) is 0 Å². The second kappa shape index (κ2) is 3.25. The number of nitrogens with zero attached hydrogens (tertiary/aromatic N) is 1. The average molecular weight is 181 g/mol. The summed E-state index contributed by atoms with van der Waals surface area (Å²) in [4.78, 5) is 2.72. The van der Waals surface area contributed by atoms with Gasteiger partial charge in [0.15, 0.2) is 0 Å². The minimum absolute atomic E-state index is 0.619. The molecule has 0 bridgehead atoms. The molecule has 0 amide bonds. The van der Waals surface area contributed by atoms with Crippen LogP contribution in [-0.4, -0.2) is 36.7 Å². The smallest absolute Gasteiger partial charge is 0.0619 e. The Morgan fingerprint density at radius 2 is 1.85 bits per heavy atom. The van der Waals surface area contributed by atoms with E-state index in [1.54, 1.807) is 0 Å². The molecule has 74 valence electrons. The van der Waals surface area contributed by atoms with Gasteiger partial charge >= 0.3 is 0 Å². The Balaban J connectivity index is 1.81. The standard InChI is InChI=1S/C11H19NO/c1-3-10-9-5-8-13-11(9)4-2-7-12(10)6-1/h9-11H,1-8H2. The second-order valence-electron chi connectivity index (χ2n) is 4.75. The number of ether oxygens (including phenoxy) is 1. The van der Waals surface area contributed by atoms with E-state index in [-0.39, 0.29) is 0 Å². The highest BCUT2D eigenvalue weighted by atomic mass is 16.5. The predicted molar refractivity (Wildman–Crippen MR) is 51.7 cm³/mol. The molecule has 0 aromatic carbocycles. The fourth-order valence-electron chi connectivity index (χ4n) is 3.51. The zero-order chi connectivity index (χ0) is 8.67. The number of hydrogen-bond donors (Lipinski definition) is 0. The van der Waals surface area contributed by atoms with Gasteiger partial charge in [0.05, 0.1) is 6.10 Å². The minimum atomic E-state index is 0.619. The number of hydrogen-bond acceptors (Lipinski definition) is 2. The molecule has 3 aliphatic rings. The van der Waals surface area contributed by atoms with E-state index in [4.69, 9.17) is 4.74 Å². The maximum Gasteiger partial charge on any atom is 0.0619 e. The Labute approximate surface area is 80.2 Å². The molecule has 3 saturated heterocycles. The molecule has 13 heavy (non-hydrogen) atoms. The maximum atomic E-state index is 5.82. The van der Waals surface area contributed by atoms with Crippen molar-refractivity contribution in [2.24, 2.45) is 5.92 Å². The highest BCUT2D eigenvalue weighted by molar-refractivity contribution is 4.93. The van der Waals surface area contributed by atoms with Crippen LogP contribution < -0.4 is 0 Å². The van der Waals surface area contributed by atoms with E-state index in [0.29, 0.717) is 6.10 Å². The van der Waals surface area contributed by atoms with Gasteiger partial charge in [-0.15, -0.1) is 0 Å². The zero-order valence-electron chi connectivity index (χ0n) is 8.24. The van der Waals surface area contributed by atoms with Crippen molar-refractivity contribution in [3.63, 3.8) is 0 Å². The van der Waals surface area contributed by atoms with Crippen LogP contribution in [0.4, 0.5) is 0 Å².